The van der Waals surface area contributed by atoms with Crippen molar-refractivity contribution in [2.75, 3.05) is 0 Å². The fourth-order valence-electron chi connectivity index (χ4n) is 3.52. The van der Waals surface area contributed by atoms with E-state index in [0.29, 0.717) is 17.0 Å². The van der Waals surface area contributed by atoms with E-state index in [4.69, 9.17) is 0 Å². The summed E-state index contributed by atoms with van der Waals surface area (Å²) in [5.41, 5.74) is 0.898. The molecular formula is C21H22F3N3O4. The van der Waals surface area contributed by atoms with Crippen molar-refractivity contribution in [3.63, 3.8) is 0 Å². The van der Waals surface area contributed by atoms with E-state index >= 15 is 0 Å². The number of aryl methyl sites for hydroxylation is 1. The molecule has 10 heteroatoms. The van der Waals surface area contributed by atoms with Crippen LogP contribution in [0.1, 0.15) is 35.5 Å². The third-order valence-electron chi connectivity index (χ3n) is 5.37. The SMILES string of the molecule is CCc1c(-c2ccc3c(c2)cc(CN[C@@H](C)C(F)(F)F)n3C)[nH]c(=O)c(C(=O)O)c1O. The quantitative estimate of drug-likeness (QED) is 0.472. The Bertz CT molecular complexity index is 1210. The third kappa shape index (κ3) is 4.15. The summed E-state index contributed by atoms with van der Waals surface area (Å²) >= 11 is 0. The first-order valence-corrected chi connectivity index (χ1v) is 9.55. The van der Waals surface area contributed by atoms with Crippen molar-refractivity contribution in [1.29, 1.82) is 0 Å². The predicted octanol–water partition coefficient (Wildman–Crippen LogP) is 3.54. The summed E-state index contributed by atoms with van der Waals surface area (Å²) in [7, 11) is 1.74. The number of halogens is 3. The molecule has 31 heavy (non-hydrogen) atoms. The summed E-state index contributed by atoms with van der Waals surface area (Å²) in [6.45, 7) is 2.78. The van der Waals surface area contributed by atoms with Crippen molar-refractivity contribution in [2.45, 2.75) is 39.0 Å². The van der Waals surface area contributed by atoms with Gasteiger partial charge in [0.15, 0.2) is 5.56 Å². The Hall–Kier alpha value is -3.27. The molecular weight excluding hydrogens is 415 g/mol. The van der Waals surface area contributed by atoms with Gasteiger partial charge in [0.1, 0.15) is 11.8 Å². The molecule has 3 aromatic rings. The number of rotatable bonds is 6. The number of aromatic hydroxyl groups is 1. The van der Waals surface area contributed by atoms with Gasteiger partial charge in [-0.3, -0.25) is 4.79 Å². The highest BCUT2D eigenvalue weighted by atomic mass is 19.4. The molecule has 1 atom stereocenters. The zero-order valence-corrected chi connectivity index (χ0v) is 17.1. The van der Waals surface area contributed by atoms with Gasteiger partial charge in [0, 0.05) is 35.8 Å². The van der Waals surface area contributed by atoms with Crippen LogP contribution in [0.4, 0.5) is 13.2 Å². The van der Waals surface area contributed by atoms with Crippen molar-refractivity contribution in [3.8, 4) is 17.0 Å². The summed E-state index contributed by atoms with van der Waals surface area (Å²) in [5.74, 6) is -2.10. The molecule has 0 amide bonds. The van der Waals surface area contributed by atoms with Gasteiger partial charge >= 0.3 is 12.1 Å². The Kier molecular flexibility index (Phi) is 5.86. The van der Waals surface area contributed by atoms with Crippen molar-refractivity contribution in [2.24, 2.45) is 7.05 Å². The summed E-state index contributed by atoms with van der Waals surface area (Å²) < 4.78 is 40.0. The number of hydrogen-bond acceptors (Lipinski definition) is 4. The lowest BCUT2D eigenvalue weighted by Gasteiger charge is -2.17. The van der Waals surface area contributed by atoms with Crippen molar-refractivity contribution in [3.05, 3.63) is 51.4 Å². The van der Waals surface area contributed by atoms with Crippen LogP contribution in [-0.2, 0) is 20.0 Å². The molecule has 0 bridgehead atoms. The molecule has 0 fully saturated rings. The van der Waals surface area contributed by atoms with Crippen molar-refractivity contribution >= 4 is 16.9 Å². The second-order valence-corrected chi connectivity index (χ2v) is 7.30. The Labute approximate surface area is 175 Å². The average Bonchev–Trinajstić information content (AvgIpc) is 2.99. The molecule has 1 aromatic carbocycles. The zero-order valence-electron chi connectivity index (χ0n) is 17.1. The number of carboxylic acid groups (broad SMARTS) is 1. The van der Waals surface area contributed by atoms with Crippen LogP contribution in [-0.4, -0.2) is 38.0 Å². The molecule has 7 nitrogen and oxygen atoms in total. The van der Waals surface area contributed by atoms with Gasteiger partial charge in [-0.2, -0.15) is 13.2 Å². The fraction of sp³-hybridized carbons (Fsp3) is 0.333. The molecule has 0 saturated heterocycles. The number of carboxylic acids is 1. The number of carbonyl (C=O) groups is 1. The van der Waals surface area contributed by atoms with Gasteiger partial charge in [-0.15, -0.1) is 0 Å². The number of hydrogen-bond donors (Lipinski definition) is 4. The van der Waals surface area contributed by atoms with E-state index in [9.17, 15) is 33.0 Å². The van der Waals surface area contributed by atoms with E-state index in [0.717, 1.165) is 17.8 Å². The monoisotopic (exact) mass is 437 g/mol. The zero-order chi connectivity index (χ0) is 23.1. The Morgan fingerprint density at radius 3 is 2.55 bits per heavy atom. The first-order chi connectivity index (χ1) is 14.5. The molecule has 0 aliphatic carbocycles. The van der Waals surface area contributed by atoms with E-state index < -0.39 is 35.1 Å². The van der Waals surface area contributed by atoms with E-state index in [-0.39, 0.29) is 18.5 Å². The van der Waals surface area contributed by atoms with Crippen LogP contribution in [0.2, 0.25) is 0 Å². The predicted molar refractivity (Wildman–Crippen MR) is 109 cm³/mol. The summed E-state index contributed by atoms with van der Waals surface area (Å²) in [6, 6.07) is 5.26. The second-order valence-electron chi connectivity index (χ2n) is 7.30. The van der Waals surface area contributed by atoms with Gasteiger partial charge in [-0.05, 0) is 37.1 Å². The van der Waals surface area contributed by atoms with Crippen LogP contribution in [0.15, 0.2) is 29.1 Å². The normalized spacial score (nSPS) is 13.0. The summed E-state index contributed by atoms with van der Waals surface area (Å²) in [4.78, 5) is 26.0. The van der Waals surface area contributed by atoms with Crippen LogP contribution in [0, 0.1) is 0 Å². The fourth-order valence-corrected chi connectivity index (χ4v) is 3.52. The number of aromatic amines is 1. The van der Waals surface area contributed by atoms with Gasteiger partial charge in [0.25, 0.3) is 5.56 Å². The number of H-pyrrole nitrogens is 1. The van der Waals surface area contributed by atoms with Crippen LogP contribution in [0.3, 0.4) is 0 Å². The Morgan fingerprint density at radius 1 is 1.29 bits per heavy atom. The molecule has 0 aliphatic heterocycles. The smallest absolute Gasteiger partial charge is 0.403 e. The lowest BCUT2D eigenvalue weighted by Crippen LogP contribution is -2.39. The highest BCUT2D eigenvalue weighted by Gasteiger charge is 2.35. The Morgan fingerprint density at radius 2 is 1.97 bits per heavy atom. The van der Waals surface area contributed by atoms with Crippen LogP contribution < -0.4 is 10.9 Å². The molecule has 3 rings (SSSR count). The molecule has 2 heterocycles. The maximum atomic E-state index is 12.8. The number of aromatic carboxylic acids is 1. The average molecular weight is 437 g/mol. The highest BCUT2D eigenvalue weighted by molar-refractivity contribution is 5.92. The van der Waals surface area contributed by atoms with Crippen LogP contribution in [0.25, 0.3) is 22.2 Å². The number of benzene rings is 1. The van der Waals surface area contributed by atoms with E-state index in [1.165, 1.54) is 0 Å². The number of alkyl halides is 3. The minimum atomic E-state index is -4.34. The number of nitrogens with one attached hydrogen (secondary N) is 2. The maximum absolute atomic E-state index is 12.8. The lowest BCUT2D eigenvalue weighted by molar-refractivity contribution is -0.151. The van der Waals surface area contributed by atoms with Crippen molar-refractivity contribution in [1.82, 2.24) is 14.9 Å². The van der Waals surface area contributed by atoms with E-state index in [1.807, 2.05) is 0 Å². The van der Waals surface area contributed by atoms with Crippen LogP contribution >= 0.6 is 0 Å². The van der Waals surface area contributed by atoms with Gasteiger partial charge in [-0.1, -0.05) is 13.0 Å². The third-order valence-corrected chi connectivity index (χ3v) is 5.37. The first-order valence-electron chi connectivity index (χ1n) is 9.55. The molecule has 0 unspecified atom stereocenters. The van der Waals surface area contributed by atoms with Gasteiger partial charge in [0.05, 0.1) is 5.69 Å². The topological polar surface area (TPSA) is 107 Å². The number of nitrogens with zero attached hydrogens (tertiary/aromatic N) is 1. The number of fused-ring (bicyclic) bond motifs is 1. The molecule has 0 saturated carbocycles. The molecule has 4 N–H and O–H groups in total. The standard InChI is InChI=1S/C21H22F3N3O4/c1-4-14-17(26-19(29)16(18(14)28)20(30)31)11-5-6-15-12(7-11)8-13(27(15)3)9-25-10(2)21(22,23)24/h5-8,10,25H,4,9H2,1-3H3,(H,30,31)(H2,26,28,29)/t10-/m0/s1. The number of aromatic nitrogens is 2. The van der Waals surface area contributed by atoms with Gasteiger partial charge in [-0.25, -0.2) is 4.79 Å². The molecule has 2 aromatic heterocycles. The summed E-state index contributed by atoms with van der Waals surface area (Å²) in [5, 5.41) is 22.7. The minimum absolute atomic E-state index is 0.00628. The highest BCUT2D eigenvalue weighted by Crippen LogP contribution is 2.32. The van der Waals surface area contributed by atoms with Gasteiger partial charge in [0.2, 0.25) is 0 Å². The first kappa shape index (κ1) is 22.4. The molecule has 166 valence electrons. The van der Waals surface area contributed by atoms with E-state index in [1.54, 1.807) is 42.8 Å². The number of pyridine rings is 1. The van der Waals surface area contributed by atoms with E-state index in [2.05, 4.69) is 10.3 Å². The molecule has 0 radical (unpaired) electrons. The van der Waals surface area contributed by atoms with Crippen LogP contribution in [0.5, 0.6) is 5.75 Å². The lowest BCUT2D eigenvalue weighted by atomic mass is 9.99. The van der Waals surface area contributed by atoms with Gasteiger partial charge < -0.3 is 25.1 Å². The van der Waals surface area contributed by atoms with Crippen molar-refractivity contribution < 1.29 is 28.2 Å². The molecule has 0 aliphatic rings. The maximum Gasteiger partial charge on any atom is 0.403 e. The molecule has 0 spiro atoms. The summed E-state index contributed by atoms with van der Waals surface area (Å²) in [6.07, 6.45) is -4.07. The second kappa shape index (κ2) is 8.10. The largest absolute Gasteiger partial charge is 0.506 e. The Balaban J connectivity index is 2.04. The minimum Gasteiger partial charge on any atom is -0.506 e.